The molecule has 0 bridgehead atoms. The Labute approximate surface area is 107 Å². The van der Waals surface area contributed by atoms with Gasteiger partial charge in [0, 0.05) is 6.42 Å². The quantitative estimate of drug-likeness (QED) is 0.823. The van der Waals surface area contributed by atoms with Crippen LogP contribution < -0.4 is 10.5 Å². The van der Waals surface area contributed by atoms with Crippen molar-refractivity contribution in [1.82, 2.24) is 19.5 Å². The monoisotopic (exact) mass is 265 g/mol. The predicted octanol–water partition coefficient (Wildman–Crippen LogP) is 0.576. The minimum absolute atomic E-state index is 0.0501. The van der Waals surface area contributed by atoms with Crippen LogP contribution in [0.2, 0.25) is 0 Å². The molecule has 0 spiro atoms. The van der Waals surface area contributed by atoms with Gasteiger partial charge in [-0.2, -0.15) is 9.97 Å². The Balaban J connectivity index is 2.13. The molecule has 2 heterocycles. The zero-order valence-electron chi connectivity index (χ0n) is 10.1. The summed E-state index contributed by atoms with van der Waals surface area (Å²) in [6, 6.07) is -0.348. The van der Waals surface area contributed by atoms with Gasteiger partial charge < -0.3 is 20.1 Å². The Hall–Kier alpha value is -2.22. The van der Waals surface area contributed by atoms with Crippen molar-refractivity contribution in [3.63, 3.8) is 0 Å². The molecule has 3 rings (SSSR count). The first-order valence-corrected chi connectivity index (χ1v) is 5.69. The first-order valence-electron chi connectivity index (χ1n) is 5.69. The number of anilines is 1. The molecule has 0 fully saturated rings. The maximum Gasteiger partial charge on any atom is 0.246 e. The van der Waals surface area contributed by atoms with Crippen LogP contribution in [0.15, 0.2) is 18.2 Å². The smallest absolute Gasteiger partial charge is 0.246 e. The summed E-state index contributed by atoms with van der Waals surface area (Å²) >= 11 is 0. The average molecular weight is 265 g/mol. The zero-order valence-corrected chi connectivity index (χ0v) is 10.1. The van der Waals surface area contributed by atoms with Crippen molar-refractivity contribution in [2.45, 2.75) is 18.6 Å². The van der Waals surface area contributed by atoms with E-state index in [1.54, 1.807) is 4.57 Å². The first kappa shape index (κ1) is 11.8. The second-order valence-electron chi connectivity index (χ2n) is 4.29. The molecule has 1 aliphatic rings. The Morgan fingerprint density at radius 3 is 2.95 bits per heavy atom. The van der Waals surface area contributed by atoms with Crippen molar-refractivity contribution in [2.75, 3.05) is 12.8 Å². The fourth-order valence-corrected chi connectivity index (χ4v) is 2.19. The highest BCUT2D eigenvalue weighted by atomic mass is 19.1. The molecule has 7 nitrogen and oxygen atoms in total. The van der Waals surface area contributed by atoms with Crippen LogP contribution in [0.25, 0.3) is 11.2 Å². The van der Waals surface area contributed by atoms with Crippen LogP contribution in [-0.4, -0.2) is 37.8 Å². The summed E-state index contributed by atoms with van der Waals surface area (Å²) in [7, 11) is 1.46. The molecule has 100 valence electrons. The Kier molecular flexibility index (Phi) is 2.59. The maximum absolute atomic E-state index is 13.3. The van der Waals surface area contributed by atoms with Gasteiger partial charge in [0.2, 0.25) is 11.8 Å². The number of hydrogen-bond acceptors (Lipinski definition) is 6. The van der Waals surface area contributed by atoms with Crippen molar-refractivity contribution >= 4 is 17.1 Å². The van der Waals surface area contributed by atoms with E-state index in [1.807, 2.05) is 0 Å². The van der Waals surface area contributed by atoms with E-state index < -0.39 is 11.9 Å². The zero-order chi connectivity index (χ0) is 13.6. The number of nitrogens with two attached hydrogens (primary N) is 1. The number of methoxy groups -OCH3 is 1. The third-order valence-electron chi connectivity index (χ3n) is 3.09. The van der Waals surface area contributed by atoms with Gasteiger partial charge in [-0.1, -0.05) is 0 Å². The Bertz CT molecular complexity index is 668. The van der Waals surface area contributed by atoms with Gasteiger partial charge in [-0.05, 0) is 6.08 Å². The second-order valence-corrected chi connectivity index (χ2v) is 4.29. The van der Waals surface area contributed by atoms with Crippen LogP contribution >= 0.6 is 0 Å². The number of nitrogen functional groups attached to an aromatic ring is 1. The third kappa shape index (κ3) is 1.80. The molecule has 1 aliphatic carbocycles. The van der Waals surface area contributed by atoms with E-state index in [-0.39, 0.29) is 24.3 Å². The molecule has 2 aromatic rings. The molecule has 2 aromatic heterocycles. The molecule has 3 N–H and O–H groups in total. The lowest BCUT2D eigenvalue weighted by Crippen LogP contribution is -2.09. The molecular weight excluding hydrogens is 253 g/mol. The minimum Gasteiger partial charge on any atom is -0.479 e. The second kappa shape index (κ2) is 4.16. The summed E-state index contributed by atoms with van der Waals surface area (Å²) in [5.74, 6) is -0.223. The summed E-state index contributed by atoms with van der Waals surface area (Å²) in [4.78, 5) is 12.2. The third-order valence-corrected chi connectivity index (χ3v) is 3.09. The number of imidazole rings is 1. The number of aliphatic hydroxyl groups is 1. The van der Waals surface area contributed by atoms with Gasteiger partial charge in [-0.25, -0.2) is 9.37 Å². The largest absolute Gasteiger partial charge is 0.479 e. The van der Waals surface area contributed by atoms with E-state index in [0.717, 1.165) is 0 Å². The van der Waals surface area contributed by atoms with Crippen LogP contribution in [0.4, 0.5) is 10.3 Å². The number of fused-ring (bicyclic) bond motifs is 1. The fraction of sp³-hybridized carbons (Fsp3) is 0.364. The minimum atomic E-state index is -1.08. The number of rotatable bonds is 2. The standard InChI is InChI=1S/C11H12FN5O2/c1-19-10-8-9(15-11(13)16-10)17(4-14-8)5-2-6(12)7(18)3-5/h2,4-5,7,18H,3H2,1H3,(H2,13,15,16)/t5-,7+/m1/s1. The lowest BCUT2D eigenvalue weighted by molar-refractivity contribution is 0.177. The van der Waals surface area contributed by atoms with Gasteiger partial charge in [-0.15, -0.1) is 0 Å². The van der Waals surface area contributed by atoms with Crippen LogP contribution in [0.5, 0.6) is 5.88 Å². The van der Waals surface area contributed by atoms with Crippen molar-refractivity contribution in [3.05, 3.63) is 18.2 Å². The Morgan fingerprint density at radius 2 is 2.32 bits per heavy atom. The van der Waals surface area contributed by atoms with Gasteiger partial charge in [-0.3, -0.25) is 0 Å². The molecule has 0 saturated heterocycles. The summed E-state index contributed by atoms with van der Waals surface area (Å²) in [6.07, 6.45) is 2.01. The van der Waals surface area contributed by atoms with E-state index in [4.69, 9.17) is 10.5 Å². The summed E-state index contributed by atoms with van der Waals surface area (Å²) in [5.41, 5.74) is 6.50. The summed E-state index contributed by atoms with van der Waals surface area (Å²) in [6.45, 7) is 0. The summed E-state index contributed by atoms with van der Waals surface area (Å²) in [5, 5.41) is 9.44. The number of halogens is 1. The average Bonchev–Trinajstić information content (AvgIpc) is 2.93. The lowest BCUT2D eigenvalue weighted by atomic mass is 10.2. The predicted molar refractivity (Wildman–Crippen MR) is 65.1 cm³/mol. The van der Waals surface area contributed by atoms with E-state index in [2.05, 4.69) is 15.0 Å². The van der Waals surface area contributed by atoms with Crippen molar-refractivity contribution in [3.8, 4) is 5.88 Å². The number of aromatic nitrogens is 4. The number of aliphatic hydroxyl groups excluding tert-OH is 1. The SMILES string of the molecule is COc1nc(N)nc2c1ncn2[C@@H]1C=C(F)[C@@H](O)C1. The van der Waals surface area contributed by atoms with Crippen LogP contribution in [0.3, 0.4) is 0 Å². The first-order chi connectivity index (χ1) is 9.10. The van der Waals surface area contributed by atoms with Crippen molar-refractivity contribution in [2.24, 2.45) is 0 Å². The maximum atomic E-state index is 13.3. The molecular formula is C11H12FN5O2. The van der Waals surface area contributed by atoms with Crippen molar-refractivity contribution < 1.29 is 14.2 Å². The van der Waals surface area contributed by atoms with Gasteiger partial charge in [0.25, 0.3) is 0 Å². The molecule has 0 aromatic carbocycles. The molecule has 8 heteroatoms. The lowest BCUT2D eigenvalue weighted by Gasteiger charge is -2.11. The van der Waals surface area contributed by atoms with Crippen LogP contribution in [-0.2, 0) is 0 Å². The number of nitrogens with zero attached hydrogens (tertiary/aromatic N) is 4. The molecule has 0 saturated carbocycles. The summed E-state index contributed by atoms with van der Waals surface area (Å²) < 4.78 is 20.0. The highest BCUT2D eigenvalue weighted by Gasteiger charge is 2.28. The number of ether oxygens (including phenoxy) is 1. The fourth-order valence-electron chi connectivity index (χ4n) is 2.19. The van der Waals surface area contributed by atoms with Crippen LogP contribution in [0.1, 0.15) is 12.5 Å². The number of allylic oxidation sites excluding steroid dienone is 1. The molecule has 0 aliphatic heterocycles. The van der Waals surface area contributed by atoms with Gasteiger partial charge in [0.15, 0.2) is 11.2 Å². The molecule has 0 unspecified atom stereocenters. The van der Waals surface area contributed by atoms with Gasteiger partial charge in [0.05, 0.1) is 19.5 Å². The van der Waals surface area contributed by atoms with Gasteiger partial charge >= 0.3 is 0 Å². The number of hydrogen-bond donors (Lipinski definition) is 2. The topological polar surface area (TPSA) is 99.1 Å². The van der Waals surface area contributed by atoms with Gasteiger partial charge in [0.1, 0.15) is 11.9 Å². The van der Waals surface area contributed by atoms with E-state index >= 15 is 0 Å². The van der Waals surface area contributed by atoms with Crippen LogP contribution in [0, 0.1) is 0 Å². The van der Waals surface area contributed by atoms with E-state index in [1.165, 1.54) is 19.5 Å². The highest BCUT2D eigenvalue weighted by Crippen LogP contribution is 2.32. The Morgan fingerprint density at radius 1 is 1.53 bits per heavy atom. The molecule has 0 amide bonds. The molecule has 0 radical (unpaired) electrons. The normalized spacial score (nSPS) is 22.8. The van der Waals surface area contributed by atoms with E-state index in [0.29, 0.717) is 11.2 Å². The highest BCUT2D eigenvalue weighted by molar-refractivity contribution is 5.77. The molecule has 2 atom stereocenters. The molecule has 19 heavy (non-hydrogen) atoms. The van der Waals surface area contributed by atoms with Crippen molar-refractivity contribution in [1.29, 1.82) is 0 Å². The van der Waals surface area contributed by atoms with E-state index in [9.17, 15) is 9.50 Å².